The summed E-state index contributed by atoms with van der Waals surface area (Å²) in [6.07, 6.45) is 2.46. The first kappa shape index (κ1) is 17.8. The summed E-state index contributed by atoms with van der Waals surface area (Å²) in [5.74, 6) is 5.53. The summed E-state index contributed by atoms with van der Waals surface area (Å²) in [7, 11) is 1.42. The molecule has 4 N–H and O–H groups in total. The normalized spacial score (nSPS) is 21.0. The molecule has 27 heavy (non-hydrogen) atoms. The summed E-state index contributed by atoms with van der Waals surface area (Å²) in [6, 6.07) is 1.10. The minimum absolute atomic E-state index is 0.00130. The molecule has 146 valence electrons. The van der Waals surface area contributed by atoms with Crippen LogP contribution < -0.4 is 32.5 Å². The summed E-state index contributed by atoms with van der Waals surface area (Å²) in [5.41, 5.74) is 5.26. The highest BCUT2D eigenvalue weighted by Gasteiger charge is 2.34. The lowest BCUT2D eigenvalue weighted by Gasteiger charge is -2.25. The zero-order valence-corrected chi connectivity index (χ0v) is 15.4. The Labute approximate surface area is 155 Å². The first-order valence-electron chi connectivity index (χ1n) is 9.18. The molecule has 4 rings (SSSR count). The number of ether oxygens (including phenoxy) is 1. The maximum Gasteiger partial charge on any atom is 0.350 e. The highest BCUT2D eigenvalue weighted by Crippen LogP contribution is 2.43. The number of nitrogens with zero attached hydrogens (tertiary/aromatic N) is 3. The number of methoxy groups -OCH3 is 1. The molecule has 2 aromatic rings. The van der Waals surface area contributed by atoms with E-state index in [1.165, 1.54) is 11.7 Å². The zero-order chi connectivity index (χ0) is 19.5. The van der Waals surface area contributed by atoms with E-state index in [1.54, 1.807) is 0 Å². The van der Waals surface area contributed by atoms with Gasteiger partial charge in [0.2, 0.25) is 0 Å². The number of benzene rings is 1. The van der Waals surface area contributed by atoms with E-state index in [1.807, 2.05) is 11.8 Å². The lowest BCUT2D eigenvalue weighted by molar-refractivity contribution is 0.412. The van der Waals surface area contributed by atoms with Crippen molar-refractivity contribution < 1.29 is 9.13 Å². The Hall–Kier alpha value is -2.55. The molecule has 8 nitrogen and oxygen atoms in total. The van der Waals surface area contributed by atoms with Crippen LogP contribution >= 0.6 is 0 Å². The number of halogens is 1. The molecule has 2 aliphatic rings. The number of anilines is 1. The van der Waals surface area contributed by atoms with Crippen molar-refractivity contribution in [3.05, 3.63) is 32.7 Å². The third-order valence-electron chi connectivity index (χ3n) is 5.69. The monoisotopic (exact) mass is 377 g/mol. The second-order valence-electron chi connectivity index (χ2n) is 7.55. The van der Waals surface area contributed by atoms with Crippen LogP contribution in [0.15, 0.2) is 15.7 Å². The summed E-state index contributed by atoms with van der Waals surface area (Å²) < 4.78 is 22.6. The highest BCUT2D eigenvalue weighted by atomic mass is 19.1. The van der Waals surface area contributed by atoms with Crippen molar-refractivity contribution in [3.63, 3.8) is 0 Å². The molecule has 1 aliphatic carbocycles. The van der Waals surface area contributed by atoms with E-state index >= 15 is 4.39 Å². The highest BCUT2D eigenvalue weighted by molar-refractivity contribution is 5.91. The van der Waals surface area contributed by atoms with Gasteiger partial charge in [0.25, 0.3) is 5.56 Å². The van der Waals surface area contributed by atoms with Crippen LogP contribution in [0.5, 0.6) is 5.75 Å². The van der Waals surface area contributed by atoms with E-state index in [-0.39, 0.29) is 34.8 Å². The van der Waals surface area contributed by atoms with Crippen LogP contribution in [-0.4, -0.2) is 35.5 Å². The second-order valence-corrected chi connectivity index (χ2v) is 7.55. The van der Waals surface area contributed by atoms with Crippen molar-refractivity contribution in [1.29, 1.82) is 0 Å². The maximum atomic E-state index is 15.1. The van der Waals surface area contributed by atoms with E-state index in [0.717, 1.165) is 25.3 Å². The summed E-state index contributed by atoms with van der Waals surface area (Å²) >= 11 is 0. The molecule has 2 atom stereocenters. The number of fused-ring (bicyclic) bond motifs is 1. The third kappa shape index (κ3) is 2.68. The first-order chi connectivity index (χ1) is 12.8. The molecule has 0 radical (unpaired) electrons. The molecule has 1 saturated heterocycles. The largest absolute Gasteiger partial charge is 0.492 e. The number of aromatic nitrogens is 2. The van der Waals surface area contributed by atoms with Gasteiger partial charge in [0.15, 0.2) is 11.6 Å². The van der Waals surface area contributed by atoms with Gasteiger partial charge in [-0.3, -0.25) is 9.36 Å². The van der Waals surface area contributed by atoms with Gasteiger partial charge in [0, 0.05) is 25.2 Å². The van der Waals surface area contributed by atoms with Gasteiger partial charge in [-0.25, -0.2) is 9.18 Å². The topological polar surface area (TPSA) is 109 Å². The Morgan fingerprint density at radius 2 is 2.00 bits per heavy atom. The Kier molecular flexibility index (Phi) is 4.14. The van der Waals surface area contributed by atoms with Crippen LogP contribution in [0, 0.1) is 11.7 Å². The van der Waals surface area contributed by atoms with E-state index in [2.05, 4.69) is 0 Å². The molecule has 1 aliphatic heterocycles. The van der Waals surface area contributed by atoms with Gasteiger partial charge in [-0.1, -0.05) is 0 Å². The smallest absolute Gasteiger partial charge is 0.350 e. The molecule has 1 aromatic heterocycles. The second kappa shape index (κ2) is 6.26. The van der Waals surface area contributed by atoms with Crippen molar-refractivity contribution in [2.45, 2.75) is 38.3 Å². The van der Waals surface area contributed by atoms with Crippen molar-refractivity contribution in [2.75, 3.05) is 30.9 Å². The van der Waals surface area contributed by atoms with Crippen LogP contribution in [0.4, 0.5) is 10.1 Å². The molecule has 1 saturated carbocycles. The molecule has 0 unspecified atom stereocenters. The van der Waals surface area contributed by atoms with E-state index < -0.39 is 17.1 Å². The third-order valence-corrected chi connectivity index (χ3v) is 5.69. The molecule has 9 heteroatoms. The number of hydrogen-bond acceptors (Lipinski definition) is 6. The number of rotatable bonds is 4. The minimum Gasteiger partial charge on any atom is -0.492 e. The van der Waals surface area contributed by atoms with E-state index in [4.69, 9.17) is 16.3 Å². The molecule has 0 amide bonds. The van der Waals surface area contributed by atoms with Gasteiger partial charge in [-0.2, -0.15) is 4.68 Å². The molecule has 2 fully saturated rings. The van der Waals surface area contributed by atoms with Gasteiger partial charge in [0.05, 0.1) is 12.5 Å². The zero-order valence-electron chi connectivity index (χ0n) is 15.4. The Bertz CT molecular complexity index is 1020. The van der Waals surface area contributed by atoms with Crippen LogP contribution in [0.3, 0.4) is 0 Å². The molecular weight excluding hydrogens is 353 g/mol. The first-order valence-corrected chi connectivity index (χ1v) is 9.18. The van der Waals surface area contributed by atoms with Crippen molar-refractivity contribution in [1.82, 2.24) is 9.24 Å². The fraction of sp³-hybridized carbons (Fsp3) is 0.556. The predicted molar refractivity (Wildman–Crippen MR) is 101 cm³/mol. The van der Waals surface area contributed by atoms with Crippen molar-refractivity contribution in [3.8, 4) is 5.75 Å². The molecule has 1 aromatic carbocycles. The van der Waals surface area contributed by atoms with Crippen molar-refractivity contribution >= 4 is 16.6 Å². The molecule has 2 heterocycles. The molecule has 0 bridgehead atoms. The number of hydrogen-bond donors (Lipinski definition) is 2. The Morgan fingerprint density at radius 1 is 1.30 bits per heavy atom. The maximum absolute atomic E-state index is 15.1. The standard InChI is InChI=1S/C18H24FN5O3/c1-9(20)10-5-6-22(8-10)15-13(19)7-12-14(16(15)27-2)23(11-3-4-11)18(26)24(21)17(12)25/h7,9-11H,3-6,8,20-21H2,1-2H3/t9-,10+/m1/s1. The van der Waals surface area contributed by atoms with Gasteiger partial charge in [-0.15, -0.1) is 0 Å². The van der Waals surface area contributed by atoms with Crippen LogP contribution in [0.25, 0.3) is 10.9 Å². The van der Waals surface area contributed by atoms with E-state index in [0.29, 0.717) is 23.3 Å². The molecular formula is C18H24FN5O3. The molecule has 0 spiro atoms. The quantitative estimate of drug-likeness (QED) is 0.753. The lowest BCUT2D eigenvalue weighted by Crippen LogP contribution is -2.44. The van der Waals surface area contributed by atoms with Gasteiger partial charge >= 0.3 is 5.69 Å². The Balaban J connectivity index is 2.01. The average Bonchev–Trinajstić information content (AvgIpc) is 3.35. The SMILES string of the molecule is COc1c(N2CC[C@H]([C@@H](C)N)C2)c(F)cc2c(=O)n(N)c(=O)n(C3CC3)c12. The van der Waals surface area contributed by atoms with Gasteiger partial charge in [0.1, 0.15) is 11.2 Å². The van der Waals surface area contributed by atoms with Gasteiger partial charge in [-0.05, 0) is 38.2 Å². The van der Waals surface area contributed by atoms with E-state index in [9.17, 15) is 9.59 Å². The number of nitrogen functional groups attached to an aromatic ring is 1. The average molecular weight is 377 g/mol. The fourth-order valence-electron chi connectivity index (χ4n) is 4.02. The Morgan fingerprint density at radius 3 is 2.56 bits per heavy atom. The predicted octanol–water partition coefficient (Wildman–Crippen LogP) is 0.533. The number of nitrogens with two attached hydrogens (primary N) is 2. The fourth-order valence-corrected chi connectivity index (χ4v) is 4.02. The lowest BCUT2D eigenvalue weighted by atomic mass is 10.0. The van der Waals surface area contributed by atoms with Crippen molar-refractivity contribution in [2.24, 2.45) is 11.7 Å². The van der Waals surface area contributed by atoms with Crippen LogP contribution in [0.1, 0.15) is 32.2 Å². The van der Waals surface area contributed by atoms with Crippen LogP contribution in [-0.2, 0) is 0 Å². The van der Waals surface area contributed by atoms with Gasteiger partial charge < -0.3 is 21.2 Å². The summed E-state index contributed by atoms with van der Waals surface area (Å²) in [4.78, 5) is 27.0. The minimum atomic E-state index is -0.731. The van der Waals surface area contributed by atoms with Crippen LogP contribution in [0.2, 0.25) is 0 Å². The summed E-state index contributed by atoms with van der Waals surface area (Å²) in [5, 5.41) is 0.0463. The summed E-state index contributed by atoms with van der Waals surface area (Å²) in [6.45, 7) is 3.17.